The van der Waals surface area contributed by atoms with Crippen molar-refractivity contribution in [1.82, 2.24) is 0 Å². The number of rotatable bonds is 5. The standard InChI is InChI=1S/C14H20O2/c1-11(15)9-14(2,3)10-12-6-5-7-13(8-12)16-4/h5-8H,9-10H2,1-4H3. The Morgan fingerprint density at radius 1 is 1.38 bits per heavy atom. The summed E-state index contributed by atoms with van der Waals surface area (Å²) in [6.07, 6.45) is 1.51. The number of ketones is 1. The minimum atomic E-state index is 0.0121. The van der Waals surface area contributed by atoms with Gasteiger partial charge in [-0.1, -0.05) is 26.0 Å². The van der Waals surface area contributed by atoms with Crippen LogP contribution < -0.4 is 4.74 Å². The zero-order valence-corrected chi connectivity index (χ0v) is 10.5. The SMILES string of the molecule is COc1cccc(CC(C)(C)CC(C)=O)c1. The van der Waals surface area contributed by atoms with E-state index in [-0.39, 0.29) is 11.2 Å². The van der Waals surface area contributed by atoms with Crippen molar-refractivity contribution in [3.8, 4) is 5.75 Å². The van der Waals surface area contributed by atoms with Gasteiger partial charge in [0.25, 0.3) is 0 Å². The predicted molar refractivity (Wildman–Crippen MR) is 65.8 cm³/mol. The summed E-state index contributed by atoms with van der Waals surface area (Å²) in [5, 5.41) is 0. The van der Waals surface area contributed by atoms with Gasteiger partial charge in [-0.25, -0.2) is 0 Å². The first-order chi connectivity index (χ1) is 7.43. The number of ether oxygens (including phenoxy) is 1. The highest BCUT2D eigenvalue weighted by Gasteiger charge is 2.20. The molecule has 1 aromatic rings. The fraction of sp³-hybridized carbons (Fsp3) is 0.500. The van der Waals surface area contributed by atoms with Gasteiger partial charge in [0, 0.05) is 6.42 Å². The van der Waals surface area contributed by atoms with E-state index >= 15 is 0 Å². The zero-order chi connectivity index (χ0) is 12.2. The molecule has 0 amide bonds. The molecule has 0 heterocycles. The maximum absolute atomic E-state index is 11.1. The number of hydrogen-bond donors (Lipinski definition) is 0. The fourth-order valence-corrected chi connectivity index (χ4v) is 2.07. The Hall–Kier alpha value is -1.31. The van der Waals surface area contributed by atoms with Crippen LogP contribution in [0.25, 0.3) is 0 Å². The molecule has 0 N–H and O–H groups in total. The second-order valence-corrected chi connectivity index (χ2v) is 5.07. The van der Waals surface area contributed by atoms with Crippen LogP contribution in [0, 0.1) is 5.41 Å². The van der Waals surface area contributed by atoms with Gasteiger partial charge in [0.2, 0.25) is 0 Å². The molecular weight excluding hydrogens is 200 g/mol. The molecule has 0 aliphatic rings. The largest absolute Gasteiger partial charge is 0.497 e. The molecule has 0 atom stereocenters. The van der Waals surface area contributed by atoms with Gasteiger partial charge in [-0.15, -0.1) is 0 Å². The van der Waals surface area contributed by atoms with Gasteiger partial charge >= 0.3 is 0 Å². The maximum atomic E-state index is 11.1. The van der Waals surface area contributed by atoms with Crippen LogP contribution in [0.5, 0.6) is 5.75 Å². The zero-order valence-electron chi connectivity index (χ0n) is 10.5. The van der Waals surface area contributed by atoms with E-state index in [2.05, 4.69) is 19.9 Å². The van der Waals surface area contributed by atoms with Gasteiger partial charge in [-0.05, 0) is 36.5 Å². The molecule has 0 saturated carbocycles. The van der Waals surface area contributed by atoms with Crippen molar-refractivity contribution in [2.45, 2.75) is 33.6 Å². The number of methoxy groups -OCH3 is 1. The van der Waals surface area contributed by atoms with E-state index in [1.54, 1.807) is 14.0 Å². The smallest absolute Gasteiger partial charge is 0.130 e. The molecule has 0 aliphatic heterocycles. The van der Waals surface area contributed by atoms with E-state index in [0.29, 0.717) is 6.42 Å². The minimum Gasteiger partial charge on any atom is -0.497 e. The average Bonchev–Trinajstić information content (AvgIpc) is 2.15. The van der Waals surface area contributed by atoms with Crippen molar-refractivity contribution < 1.29 is 9.53 Å². The summed E-state index contributed by atoms with van der Waals surface area (Å²) in [6.45, 7) is 5.88. The highest BCUT2D eigenvalue weighted by Crippen LogP contribution is 2.27. The molecule has 2 nitrogen and oxygen atoms in total. The Balaban J connectivity index is 2.75. The molecule has 0 fully saturated rings. The van der Waals surface area contributed by atoms with Crippen LogP contribution >= 0.6 is 0 Å². The van der Waals surface area contributed by atoms with Gasteiger partial charge < -0.3 is 9.53 Å². The van der Waals surface area contributed by atoms with Gasteiger partial charge in [0.15, 0.2) is 0 Å². The van der Waals surface area contributed by atoms with Crippen molar-refractivity contribution >= 4 is 5.78 Å². The topological polar surface area (TPSA) is 26.3 Å². The monoisotopic (exact) mass is 220 g/mol. The van der Waals surface area contributed by atoms with Crippen molar-refractivity contribution in [3.05, 3.63) is 29.8 Å². The Bertz CT molecular complexity index is 367. The van der Waals surface area contributed by atoms with Gasteiger partial charge in [0.05, 0.1) is 7.11 Å². The summed E-state index contributed by atoms with van der Waals surface area (Å²) in [5.74, 6) is 1.11. The van der Waals surface area contributed by atoms with Gasteiger partial charge in [0.1, 0.15) is 11.5 Å². The molecule has 0 saturated heterocycles. The minimum absolute atomic E-state index is 0.0121. The Kier molecular flexibility index (Phi) is 4.11. The van der Waals surface area contributed by atoms with Crippen LogP contribution in [-0.4, -0.2) is 12.9 Å². The Morgan fingerprint density at radius 3 is 2.62 bits per heavy atom. The molecule has 16 heavy (non-hydrogen) atoms. The van der Waals surface area contributed by atoms with E-state index in [1.807, 2.05) is 18.2 Å². The van der Waals surface area contributed by atoms with E-state index in [9.17, 15) is 4.79 Å². The normalized spacial score (nSPS) is 11.2. The van der Waals surface area contributed by atoms with Crippen LogP contribution in [-0.2, 0) is 11.2 Å². The third-order valence-corrected chi connectivity index (χ3v) is 2.54. The maximum Gasteiger partial charge on any atom is 0.130 e. The lowest BCUT2D eigenvalue weighted by atomic mass is 9.81. The Morgan fingerprint density at radius 2 is 2.06 bits per heavy atom. The lowest BCUT2D eigenvalue weighted by Crippen LogP contribution is -2.18. The highest BCUT2D eigenvalue weighted by atomic mass is 16.5. The molecule has 0 radical (unpaired) electrons. The average molecular weight is 220 g/mol. The van der Waals surface area contributed by atoms with E-state index in [0.717, 1.165) is 12.2 Å². The molecule has 0 unspecified atom stereocenters. The molecule has 88 valence electrons. The van der Waals surface area contributed by atoms with E-state index in [1.165, 1.54) is 5.56 Å². The summed E-state index contributed by atoms with van der Waals surface area (Å²) in [7, 11) is 1.67. The third kappa shape index (κ3) is 4.05. The lowest BCUT2D eigenvalue weighted by Gasteiger charge is -2.23. The van der Waals surface area contributed by atoms with Crippen molar-refractivity contribution in [2.24, 2.45) is 5.41 Å². The van der Waals surface area contributed by atoms with Crippen LogP contribution in [0.2, 0.25) is 0 Å². The molecule has 1 aromatic carbocycles. The summed E-state index contributed by atoms with van der Waals surface area (Å²) in [5.41, 5.74) is 1.23. The summed E-state index contributed by atoms with van der Waals surface area (Å²) < 4.78 is 5.18. The first-order valence-corrected chi connectivity index (χ1v) is 5.55. The molecule has 0 spiro atoms. The molecule has 1 rings (SSSR count). The van der Waals surface area contributed by atoms with E-state index in [4.69, 9.17) is 4.74 Å². The van der Waals surface area contributed by atoms with Crippen LogP contribution in [0.15, 0.2) is 24.3 Å². The molecular formula is C14H20O2. The van der Waals surface area contributed by atoms with E-state index < -0.39 is 0 Å². The van der Waals surface area contributed by atoms with Crippen LogP contribution in [0.1, 0.15) is 32.8 Å². The number of benzene rings is 1. The third-order valence-electron chi connectivity index (χ3n) is 2.54. The van der Waals surface area contributed by atoms with Crippen molar-refractivity contribution in [3.63, 3.8) is 0 Å². The summed E-state index contributed by atoms with van der Waals surface area (Å²) >= 11 is 0. The van der Waals surface area contributed by atoms with Crippen LogP contribution in [0.3, 0.4) is 0 Å². The lowest BCUT2D eigenvalue weighted by molar-refractivity contribution is -0.118. The second kappa shape index (κ2) is 5.15. The van der Waals surface area contributed by atoms with Gasteiger partial charge in [-0.2, -0.15) is 0 Å². The predicted octanol–water partition coefficient (Wildman–Crippen LogP) is 3.24. The van der Waals surface area contributed by atoms with Gasteiger partial charge in [-0.3, -0.25) is 0 Å². The van der Waals surface area contributed by atoms with Crippen molar-refractivity contribution in [2.75, 3.05) is 7.11 Å². The second-order valence-electron chi connectivity index (χ2n) is 5.07. The summed E-state index contributed by atoms with van der Waals surface area (Å²) in [4.78, 5) is 11.1. The fourth-order valence-electron chi connectivity index (χ4n) is 2.07. The number of carbonyl (C=O) groups is 1. The first kappa shape index (κ1) is 12.8. The molecule has 2 heteroatoms. The molecule has 0 aliphatic carbocycles. The van der Waals surface area contributed by atoms with Crippen LogP contribution in [0.4, 0.5) is 0 Å². The quantitative estimate of drug-likeness (QED) is 0.761. The number of carbonyl (C=O) groups excluding carboxylic acids is 1. The highest BCUT2D eigenvalue weighted by molar-refractivity contribution is 5.76. The molecule has 0 bridgehead atoms. The summed E-state index contributed by atoms with van der Waals surface area (Å²) in [6, 6.07) is 8.02. The number of hydrogen-bond acceptors (Lipinski definition) is 2. The van der Waals surface area contributed by atoms with Crippen molar-refractivity contribution in [1.29, 1.82) is 0 Å². The first-order valence-electron chi connectivity index (χ1n) is 5.55. The molecule has 0 aromatic heterocycles. The number of Topliss-reactive ketones (excluding diaryl/α,β-unsaturated/α-hetero) is 1. The Labute approximate surface area is 97.6 Å².